The topological polar surface area (TPSA) is 73.4 Å². The fraction of sp³-hybridized carbons (Fsp3) is 0.333. The first kappa shape index (κ1) is 11.5. The number of carboxylic acid groups (broad SMARTS) is 1. The third-order valence-corrected chi connectivity index (χ3v) is 3.78. The van der Waals surface area contributed by atoms with Gasteiger partial charge in [-0.3, -0.25) is 4.79 Å². The zero-order chi connectivity index (χ0) is 11.7. The minimum absolute atomic E-state index is 0.275. The molecular weight excluding hydrogens is 296 g/mol. The van der Waals surface area contributed by atoms with E-state index in [9.17, 15) is 9.59 Å². The van der Waals surface area contributed by atoms with Crippen LogP contribution < -0.4 is 0 Å². The quantitative estimate of drug-likeness (QED) is 0.865. The monoisotopic (exact) mass is 304 g/mol. The standard InChI is InChI=1S/C9H9BrN2O3S/c10-5-1-6(11-2-5)8(13)12-4-16-3-7(12)9(14)15/h1-2,7,11H,3-4H2,(H,14,15). The Kier molecular flexibility index (Phi) is 3.25. The summed E-state index contributed by atoms with van der Waals surface area (Å²) in [7, 11) is 0. The zero-order valence-electron chi connectivity index (χ0n) is 8.14. The van der Waals surface area contributed by atoms with Crippen LogP contribution in [0, 0.1) is 0 Å². The first-order valence-electron chi connectivity index (χ1n) is 4.55. The summed E-state index contributed by atoms with van der Waals surface area (Å²) in [6.45, 7) is 0. The van der Waals surface area contributed by atoms with Crippen molar-refractivity contribution < 1.29 is 14.7 Å². The molecule has 0 aliphatic carbocycles. The highest BCUT2D eigenvalue weighted by atomic mass is 79.9. The summed E-state index contributed by atoms with van der Waals surface area (Å²) in [4.78, 5) is 27.1. The molecular formula is C9H9BrN2O3S. The van der Waals surface area contributed by atoms with Crippen LogP contribution in [-0.2, 0) is 4.79 Å². The SMILES string of the molecule is O=C(O)C1CSCN1C(=O)c1cc(Br)c[nH]1. The second kappa shape index (κ2) is 4.50. The summed E-state index contributed by atoms with van der Waals surface area (Å²) in [5, 5.41) is 8.96. The van der Waals surface area contributed by atoms with Crippen molar-refractivity contribution in [2.24, 2.45) is 0 Å². The number of hydrogen-bond donors (Lipinski definition) is 2. The van der Waals surface area contributed by atoms with Gasteiger partial charge in [-0.2, -0.15) is 0 Å². The molecule has 5 nitrogen and oxygen atoms in total. The van der Waals surface area contributed by atoms with Crippen molar-refractivity contribution in [2.75, 3.05) is 11.6 Å². The minimum atomic E-state index is -0.955. The van der Waals surface area contributed by atoms with E-state index in [0.717, 1.165) is 4.47 Å². The predicted molar refractivity (Wildman–Crippen MR) is 63.4 cm³/mol. The molecule has 1 fully saturated rings. The van der Waals surface area contributed by atoms with Gasteiger partial charge in [0.25, 0.3) is 5.91 Å². The molecule has 1 atom stereocenters. The molecule has 0 radical (unpaired) electrons. The van der Waals surface area contributed by atoms with Crippen molar-refractivity contribution in [1.82, 2.24) is 9.88 Å². The largest absolute Gasteiger partial charge is 0.480 e. The number of aromatic nitrogens is 1. The molecule has 7 heteroatoms. The summed E-state index contributed by atoms with van der Waals surface area (Å²) in [6.07, 6.45) is 1.65. The molecule has 1 aromatic heterocycles. The van der Waals surface area contributed by atoms with Gasteiger partial charge >= 0.3 is 5.97 Å². The zero-order valence-corrected chi connectivity index (χ0v) is 10.5. The van der Waals surface area contributed by atoms with Crippen LogP contribution >= 0.6 is 27.7 Å². The lowest BCUT2D eigenvalue weighted by atomic mass is 10.2. The van der Waals surface area contributed by atoms with Gasteiger partial charge in [0.05, 0.1) is 5.88 Å². The second-order valence-electron chi connectivity index (χ2n) is 3.36. The Bertz CT molecular complexity index is 434. The molecule has 1 aromatic rings. The maximum Gasteiger partial charge on any atom is 0.327 e. The number of hydrogen-bond acceptors (Lipinski definition) is 3. The summed E-state index contributed by atoms with van der Waals surface area (Å²) in [5.74, 6) is -0.359. The summed E-state index contributed by atoms with van der Waals surface area (Å²) < 4.78 is 0.773. The molecule has 86 valence electrons. The number of H-pyrrole nitrogens is 1. The van der Waals surface area contributed by atoms with Gasteiger partial charge in [-0.1, -0.05) is 0 Å². The number of rotatable bonds is 2. The molecule has 1 aliphatic rings. The average Bonchev–Trinajstić information content (AvgIpc) is 2.84. The van der Waals surface area contributed by atoms with Gasteiger partial charge < -0.3 is 15.0 Å². The molecule has 0 aromatic carbocycles. The molecule has 1 amide bonds. The first-order valence-corrected chi connectivity index (χ1v) is 6.50. The molecule has 0 spiro atoms. The molecule has 16 heavy (non-hydrogen) atoms. The first-order chi connectivity index (χ1) is 7.59. The fourth-order valence-electron chi connectivity index (χ4n) is 1.49. The van der Waals surface area contributed by atoms with Crippen LogP contribution in [-0.4, -0.2) is 44.5 Å². The number of aliphatic carboxylic acids is 1. The van der Waals surface area contributed by atoms with Crippen molar-refractivity contribution >= 4 is 39.6 Å². The summed E-state index contributed by atoms with van der Waals surface area (Å²) in [6, 6.07) is 0.920. The number of thioether (sulfide) groups is 1. The molecule has 1 aliphatic heterocycles. The van der Waals surface area contributed by atoms with Crippen molar-refractivity contribution in [3.63, 3.8) is 0 Å². The van der Waals surface area contributed by atoms with Gasteiger partial charge in [0.2, 0.25) is 0 Å². The minimum Gasteiger partial charge on any atom is -0.480 e. The molecule has 1 unspecified atom stereocenters. The number of nitrogens with zero attached hydrogens (tertiary/aromatic N) is 1. The lowest BCUT2D eigenvalue weighted by Gasteiger charge is -2.19. The van der Waals surface area contributed by atoms with E-state index in [0.29, 0.717) is 17.3 Å². The smallest absolute Gasteiger partial charge is 0.327 e. The van der Waals surface area contributed by atoms with Crippen LogP contribution in [0.4, 0.5) is 0 Å². The van der Waals surface area contributed by atoms with Gasteiger partial charge in [0, 0.05) is 16.4 Å². The maximum atomic E-state index is 12.0. The van der Waals surface area contributed by atoms with Crippen molar-refractivity contribution in [3.05, 3.63) is 22.4 Å². The highest BCUT2D eigenvalue weighted by molar-refractivity contribution is 9.10. The number of amides is 1. The van der Waals surface area contributed by atoms with E-state index in [1.165, 1.54) is 16.7 Å². The number of carbonyl (C=O) groups is 2. The van der Waals surface area contributed by atoms with Crippen molar-refractivity contribution in [3.8, 4) is 0 Å². The van der Waals surface area contributed by atoms with E-state index in [1.54, 1.807) is 12.3 Å². The van der Waals surface area contributed by atoms with E-state index in [2.05, 4.69) is 20.9 Å². The number of carbonyl (C=O) groups excluding carboxylic acids is 1. The van der Waals surface area contributed by atoms with Crippen molar-refractivity contribution in [2.45, 2.75) is 6.04 Å². The highest BCUT2D eigenvalue weighted by Crippen LogP contribution is 2.23. The number of nitrogens with one attached hydrogen (secondary N) is 1. The van der Waals surface area contributed by atoms with E-state index >= 15 is 0 Å². The Morgan fingerprint density at radius 1 is 1.62 bits per heavy atom. The van der Waals surface area contributed by atoms with Crippen LogP contribution in [0.3, 0.4) is 0 Å². The van der Waals surface area contributed by atoms with E-state index in [4.69, 9.17) is 5.11 Å². The lowest BCUT2D eigenvalue weighted by Crippen LogP contribution is -2.41. The van der Waals surface area contributed by atoms with Crippen LogP contribution in [0.1, 0.15) is 10.5 Å². The molecule has 0 saturated carbocycles. The number of carboxylic acids is 1. The fourth-order valence-corrected chi connectivity index (χ4v) is 2.98. The number of halogens is 1. The Morgan fingerprint density at radius 2 is 2.38 bits per heavy atom. The molecule has 1 saturated heterocycles. The van der Waals surface area contributed by atoms with Gasteiger partial charge in [0.1, 0.15) is 11.7 Å². The maximum absolute atomic E-state index is 12.0. The van der Waals surface area contributed by atoms with Crippen LogP contribution in [0.15, 0.2) is 16.7 Å². The predicted octanol–water partition coefficient (Wildman–Crippen LogP) is 1.38. The normalized spacial score (nSPS) is 20.1. The van der Waals surface area contributed by atoms with E-state index in [1.807, 2.05) is 0 Å². The Hall–Kier alpha value is -0.950. The molecule has 2 N–H and O–H groups in total. The van der Waals surface area contributed by atoms with Crippen molar-refractivity contribution in [1.29, 1.82) is 0 Å². The van der Waals surface area contributed by atoms with Crippen LogP contribution in [0.2, 0.25) is 0 Å². The van der Waals surface area contributed by atoms with Crippen LogP contribution in [0.25, 0.3) is 0 Å². The second-order valence-corrected chi connectivity index (χ2v) is 5.28. The van der Waals surface area contributed by atoms with Gasteiger partial charge in [-0.15, -0.1) is 11.8 Å². The Balaban J connectivity index is 2.18. The third-order valence-electron chi connectivity index (χ3n) is 2.31. The van der Waals surface area contributed by atoms with Gasteiger partial charge in [-0.05, 0) is 22.0 Å². The highest BCUT2D eigenvalue weighted by Gasteiger charge is 2.35. The van der Waals surface area contributed by atoms with Gasteiger partial charge in [-0.25, -0.2) is 4.79 Å². The third kappa shape index (κ3) is 2.10. The van der Waals surface area contributed by atoms with E-state index in [-0.39, 0.29) is 5.91 Å². The van der Waals surface area contributed by atoms with Crippen LogP contribution in [0.5, 0.6) is 0 Å². The lowest BCUT2D eigenvalue weighted by molar-refractivity contribution is -0.140. The number of aromatic amines is 1. The molecule has 2 rings (SSSR count). The average molecular weight is 305 g/mol. The Labute approximate surface area is 104 Å². The summed E-state index contributed by atoms with van der Waals surface area (Å²) in [5.41, 5.74) is 0.403. The van der Waals surface area contributed by atoms with E-state index < -0.39 is 12.0 Å². The van der Waals surface area contributed by atoms with Gasteiger partial charge in [0.15, 0.2) is 0 Å². The Morgan fingerprint density at radius 3 is 2.94 bits per heavy atom. The summed E-state index contributed by atoms with van der Waals surface area (Å²) >= 11 is 4.68. The molecule has 0 bridgehead atoms. The molecule has 2 heterocycles.